The van der Waals surface area contributed by atoms with Gasteiger partial charge in [-0.05, 0) is 54.3 Å². The zero-order valence-corrected chi connectivity index (χ0v) is 16.1. The van der Waals surface area contributed by atoms with Gasteiger partial charge < -0.3 is 4.42 Å². The Kier molecular flexibility index (Phi) is 4.56. The molecule has 3 aromatic heterocycles. The number of hydrogen-bond donors (Lipinski definition) is 0. The molecule has 132 valence electrons. The smallest absolute Gasteiger partial charge is 0.257 e. The van der Waals surface area contributed by atoms with Crippen LogP contribution in [0.2, 0.25) is 0 Å². The van der Waals surface area contributed by atoms with E-state index in [4.69, 9.17) is 4.42 Å². The SMILES string of the molecule is Cc1ccc(-n2nnnc2S[C@H](C)c2nnc(-c3cccs3)o2)c(C)c1. The fourth-order valence-corrected chi connectivity index (χ4v) is 4.03. The number of aryl methyl sites for hydroxylation is 2. The third kappa shape index (κ3) is 3.27. The van der Waals surface area contributed by atoms with Gasteiger partial charge >= 0.3 is 0 Å². The highest BCUT2D eigenvalue weighted by Gasteiger charge is 2.21. The Morgan fingerprint density at radius 3 is 2.81 bits per heavy atom. The molecule has 1 atom stereocenters. The lowest BCUT2D eigenvalue weighted by Crippen LogP contribution is -2.02. The molecule has 26 heavy (non-hydrogen) atoms. The largest absolute Gasteiger partial charge is 0.419 e. The summed E-state index contributed by atoms with van der Waals surface area (Å²) in [5, 5.41) is 23.0. The molecule has 0 fully saturated rings. The van der Waals surface area contributed by atoms with Crippen LogP contribution in [0.5, 0.6) is 0 Å². The highest BCUT2D eigenvalue weighted by Crippen LogP contribution is 2.35. The average molecular weight is 384 g/mol. The molecule has 0 N–H and O–H groups in total. The van der Waals surface area contributed by atoms with Crippen LogP contribution in [0.1, 0.15) is 29.2 Å². The molecule has 4 aromatic rings. The summed E-state index contributed by atoms with van der Waals surface area (Å²) in [5.74, 6) is 1.09. The first kappa shape index (κ1) is 16.9. The van der Waals surface area contributed by atoms with Crippen molar-refractivity contribution in [1.29, 1.82) is 0 Å². The second-order valence-electron chi connectivity index (χ2n) is 5.85. The zero-order chi connectivity index (χ0) is 18.1. The lowest BCUT2D eigenvalue weighted by molar-refractivity contribution is 0.510. The van der Waals surface area contributed by atoms with Gasteiger partial charge in [0, 0.05) is 0 Å². The van der Waals surface area contributed by atoms with Gasteiger partial charge in [-0.1, -0.05) is 35.5 Å². The molecule has 9 heteroatoms. The predicted molar refractivity (Wildman–Crippen MR) is 101 cm³/mol. The van der Waals surface area contributed by atoms with Crippen LogP contribution in [-0.2, 0) is 0 Å². The number of thioether (sulfide) groups is 1. The Hall–Kier alpha value is -2.52. The van der Waals surface area contributed by atoms with E-state index in [-0.39, 0.29) is 5.25 Å². The van der Waals surface area contributed by atoms with Crippen LogP contribution in [0.15, 0.2) is 45.3 Å². The molecule has 0 radical (unpaired) electrons. The van der Waals surface area contributed by atoms with Crippen molar-refractivity contribution in [3.63, 3.8) is 0 Å². The molecule has 1 aromatic carbocycles. The molecule has 3 heterocycles. The Bertz CT molecular complexity index is 1020. The maximum atomic E-state index is 5.81. The van der Waals surface area contributed by atoms with Gasteiger partial charge in [0.05, 0.1) is 15.8 Å². The summed E-state index contributed by atoms with van der Waals surface area (Å²) in [6, 6.07) is 10.1. The number of benzene rings is 1. The topological polar surface area (TPSA) is 82.5 Å². The molecule has 4 rings (SSSR count). The highest BCUT2D eigenvalue weighted by atomic mass is 32.2. The van der Waals surface area contributed by atoms with Gasteiger partial charge in [0.2, 0.25) is 11.0 Å². The van der Waals surface area contributed by atoms with E-state index in [1.54, 1.807) is 16.0 Å². The van der Waals surface area contributed by atoms with Crippen molar-refractivity contribution in [2.24, 2.45) is 0 Å². The minimum absolute atomic E-state index is 0.0771. The third-order valence-corrected chi connectivity index (χ3v) is 5.70. The summed E-state index contributed by atoms with van der Waals surface area (Å²) in [7, 11) is 0. The number of rotatable bonds is 5. The summed E-state index contributed by atoms with van der Waals surface area (Å²) in [5.41, 5.74) is 3.28. The second-order valence-corrected chi connectivity index (χ2v) is 8.10. The van der Waals surface area contributed by atoms with Gasteiger partial charge in [-0.25, -0.2) is 0 Å². The van der Waals surface area contributed by atoms with Crippen LogP contribution >= 0.6 is 23.1 Å². The lowest BCUT2D eigenvalue weighted by Gasteiger charge is -2.10. The molecule has 7 nitrogen and oxygen atoms in total. The summed E-state index contributed by atoms with van der Waals surface area (Å²) in [6.07, 6.45) is 0. The van der Waals surface area contributed by atoms with E-state index in [2.05, 4.69) is 38.7 Å². The van der Waals surface area contributed by atoms with Gasteiger partial charge in [-0.3, -0.25) is 0 Å². The molecule has 0 bridgehead atoms. The van der Waals surface area contributed by atoms with E-state index in [1.165, 1.54) is 17.3 Å². The van der Waals surface area contributed by atoms with Gasteiger partial charge in [0.15, 0.2) is 0 Å². The van der Waals surface area contributed by atoms with Crippen molar-refractivity contribution >= 4 is 23.1 Å². The minimum atomic E-state index is -0.0771. The van der Waals surface area contributed by atoms with E-state index in [0.717, 1.165) is 16.1 Å². The molecular formula is C17H16N6OS2. The average Bonchev–Trinajstić information content (AvgIpc) is 3.36. The first-order valence-corrected chi connectivity index (χ1v) is 9.77. The van der Waals surface area contributed by atoms with Crippen LogP contribution in [0, 0.1) is 13.8 Å². The summed E-state index contributed by atoms with van der Waals surface area (Å²) in [6.45, 7) is 6.11. The Balaban J connectivity index is 1.58. The molecule has 0 unspecified atom stereocenters. The molecule has 0 saturated carbocycles. The molecular weight excluding hydrogens is 368 g/mol. The first-order chi connectivity index (χ1) is 12.6. The molecule has 0 saturated heterocycles. The standard InChI is InChI=1S/C17H16N6OS2/c1-10-6-7-13(11(2)9-10)23-17(20-21-22-23)26-12(3)15-18-19-16(24-15)14-5-4-8-25-14/h4-9,12H,1-3H3/t12-/m1/s1. The Labute approximate surface area is 158 Å². The van der Waals surface area contributed by atoms with Crippen molar-refractivity contribution in [3.05, 3.63) is 52.7 Å². The van der Waals surface area contributed by atoms with Crippen LogP contribution in [0.25, 0.3) is 16.5 Å². The van der Waals surface area contributed by atoms with Crippen LogP contribution in [0.3, 0.4) is 0 Å². The van der Waals surface area contributed by atoms with Crippen molar-refractivity contribution < 1.29 is 4.42 Å². The van der Waals surface area contributed by atoms with Crippen LogP contribution in [0.4, 0.5) is 0 Å². The number of thiophene rings is 1. The molecule has 0 aliphatic carbocycles. The minimum Gasteiger partial charge on any atom is -0.419 e. The first-order valence-electron chi connectivity index (χ1n) is 8.02. The summed E-state index contributed by atoms with van der Waals surface area (Å²) < 4.78 is 7.56. The monoisotopic (exact) mass is 384 g/mol. The number of aromatic nitrogens is 6. The van der Waals surface area contributed by atoms with E-state index in [9.17, 15) is 0 Å². The molecule has 0 amide bonds. The Morgan fingerprint density at radius 2 is 2.04 bits per heavy atom. The van der Waals surface area contributed by atoms with E-state index in [1.807, 2.05) is 43.5 Å². The molecule has 0 aliphatic heterocycles. The van der Waals surface area contributed by atoms with Crippen molar-refractivity contribution in [3.8, 4) is 16.5 Å². The number of hydrogen-bond acceptors (Lipinski definition) is 8. The fraction of sp³-hybridized carbons (Fsp3) is 0.235. The van der Waals surface area contributed by atoms with Gasteiger partial charge in [-0.2, -0.15) is 4.68 Å². The third-order valence-electron chi connectivity index (χ3n) is 3.82. The van der Waals surface area contributed by atoms with E-state index in [0.29, 0.717) is 16.9 Å². The normalized spacial score (nSPS) is 12.4. The number of tetrazole rings is 1. The predicted octanol–water partition coefficient (Wildman–Crippen LogP) is 4.24. The van der Waals surface area contributed by atoms with Crippen LogP contribution < -0.4 is 0 Å². The molecule has 0 aliphatic rings. The van der Waals surface area contributed by atoms with E-state index >= 15 is 0 Å². The quantitative estimate of drug-likeness (QED) is 0.476. The van der Waals surface area contributed by atoms with Crippen molar-refractivity contribution in [1.82, 2.24) is 30.4 Å². The van der Waals surface area contributed by atoms with Crippen molar-refractivity contribution in [2.75, 3.05) is 0 Å². The summed E-state index contributed by atoms with van der Waals surface area (Å²) in [4.78, 5) is 0.959. The van der Waals surface area contributed by atoms with E-state index < -0.39 is 0 Å². The van der Waals surface area contributed by atoms with Gasteiger partial charge in [0.1, 0.15) is 0 Å². The van der Waals surface area contributed by atoms with Crippen LogP contribution in [-0.4, -0.2) is 30.4 Å². The second kappa shape index (κ2) is 7.00. The highest BCUT2D eigenvalue weighted by molar-refractivity contribution is 7.99. The lowest BCUT2D eigenvalue weighted by atomic mass is 10.1. The maximum absolute atomic E-state index is 5.81. The van der Waals surface area contributed by atoms with Crippen molar-refractivity contribution in [2.45, 2.75) is 31.2 Å². The maximum Gasteiger partial charge on any atom is 0.257 e. The van der Waals surface area contributed by atoms with Gasteiger partial charge in [0.25, 0.3) is 5.89 Å². The zero-order valence-electron chi connectivity index (χ0n) is 14.4. The fourth-order valence-electron chi connectivity index (χ4n) is 2.55. The molecule has 0 spiro atoms. The summed E-state index contributed by atoms with van der Waals surface area (Å²) >= 11 is 3.05. The Morgan fingerprint density at radius 1 is 1.15 bits per heavy atom. The van der Waals surface area contributed by atoms with Gasteiger partial charge in [-0.15, -0.1) is 26.6 Å². The number of nitrogens with zero attached hydrogens (tertiary/aromatic N) is 6.